The van der Waals surface area contributed by atoms with Gasteiger partial charge in [-0.3, -0.25) is 4.90 Å². The molecule has 3 rings (SSSR count). The van der Waals surface area contributed by atoms with Gasteiger partial charge in [0.25, 0.3) is 0 Å². The number of aliphatic hydroxyl groups excluding tert-OH is 1. The van der Waals surface area contributed by atoms with Gasteiger partial charge in [0.05, 0.1) is 25.4 Å². The molecule has 1 aliphatic heterocycles. The molecule has 0 radical (unpaired) electrons. The van der Waals surface area contributed by atoms with E-state index in [2.05, 4.69) is 22.9 Å². The van der Waals surface area contributed by atoms with Crippen molar-refractivity contribution in [3.63, 3.8) is 0 Å². The summed E-state index contributed by atoms with van der Waals surface area (Å²) < 4.78 is 11.1. The minimum atomic E-state index is -0.415. The van der Waals surface area contributed by atoms with Gasteiger partial charge < -0.3 is 19.6 Å². The van der Waals surface area contributed by atoms with Crippen LogP contribution in [0.3, 0.4) is 0 Å². The van der Waals surface area contributed by atoms with Crippen LogP contribution in [0.5, 0.6) is 5.75 Å². The fourth-order valence-corrected chi connectivity index (χ4v) is 3.32. The Kier molecular flexibility index (Phi) is 4.62. The lowest BCUT2D eigenvalue weighted by Gasteiger charge is -2.18. The average molecular weight is 318 g/mol. The van der Waals surface area contributed by atoms with Gasteiger partial charge in [0, 0.05) is 36.2 Å². The van der Waals surface area contributed by atoms with E-state index < -0.39 is 6.10 Å². The molecule has 0 saturated carbocycles. The number of β-amino-alcohol motifs (C(OH)–C–C–N with tert-alkyl or cyclic N) is 1. The van der Waals surface area contributed by atoms with Crippen LogP contribution < -0.4 is 4.74 Å². The first-order chi connectivity index (χ1) is 11.0. The summed E-state index contributed by atoms with van der Waals surface area (Å²) in [7, 11) is 1.69. The second-order valence-electron chi connectivity index (χ2n) is 6.62. The largest absolute Gasteiger partial charge is 0.497 e. The first-order valence-electron chi connectivity index (χ1n) is 8.19. The monoisotopic (exact) mass is 318 g/mol. The van der Waals surface area contributed by atoms with E-state index in [1.54, 1.807) is 7.11 Å². The van der Waals surface area contributed by atoms with Crippen molar-refractivity contribution in [3.8, 4) is 5.75 Å². The second-order valence-corrected chi connectivity index (χ2v) is 6.62. The van der Waals surface area contributed by atoms with E-state index in [9.17, 15) is 5.11 Å². The summed E-state index contributed by atoms with van der Waals surface area (Å²) >= 11 is 0. The number of ether oxygens (including phenoxy) is 2. The van der Waals surface area contributed by atoms with E-state index in [0.29, 0.717) is 6.54 Å². The molecule has 126 valence electrons. The van der Waals surface area contributed by atoms with E-state index in [1.165, 1.54) is 16.6 Å². The Balaban J connectivity index is 1.76. The lowest BCUT2D eigenvalue weighted by molar-refractivity contribution is -0.0396. The number of likely N-dealkylation sites (tertiary alicyclic amines) is 1. The van der Waals surface area contributed by atoms with Gasteiger partial charge in [0.1, 0.15) is 5.75 Å². The smallest absolute Gasteiger partial charge is 0.119 e. The maximum atomic E-state index is 10.2. The molecule has 0 aliphatic carbocycles. The first-order valence-corrected chi connectivity index (χ1v) is 8.19. The molecule has 1 fully saturated rings. The van der Waals surface area contributed by atoms with Gasteiger partial charge in [-0.05, 0) is 44.5 Å². The number of nitrogens with one attached hydrogen (secondary N) is 1. The lowest BCUT2D eigenvalue weighted by Crippen LogP contribution is -2.29. The number of aliphatic hydroxyl groups is 1. The molecular formula is C18H26N2O3. The number of hydrogen-bond donors (Lipinski definition) is 2. The summed E-state index contributed by atoms with van der Waals surface area (Å²) in [4.78, 5) is 5.74. The number of aryl methyl sites for hydroxylation is 1. The third kappa shape index (κ3) is 3.37. The van der Waals surface area contributed by atoms with Gasteiger partial charge in [0.15, 0.2) is 0 Å². The van der Waals surface area contributed by atoms with E-state index in [-0.39, 0.29) is 12.2 Å². The van der Waals surface area contributed by atoms with Crippen LogP contribution in [-0.4, -0.2) is 53.5 Å². The van der Waals surface area contributed by atoms with Crippen molar-refractivity contribution in [3.05, 3.63) is 29.5 Å². The summed E-state index contributed by atoms with van der Waals surface area (Å²) in [6.45, 7) is 8.34. The molecule has 2 heterocycles. The van der Waals surface area contributed by atoms with Gasteiger partial charge in [-0.15, -0.1) is 0 Å². The minimum absolute atomic E-state index is 0.0974. The van der Waals surface area contributed by atoms with Gasteiger partial charge in [-0.2, -0.15) is 0 Å². The summed E-state index contributed by atoms with van der Waals surface area (Å²) in [6, 6.07) is 6.08. The molecule has 5 nitrogen and oxygen atoms in total. The summed E-state index contributed by atoms with van der Waals surface area (Å²) in [6.07, 6.45) is -0.376. The third-order valence-corrected chi connectivity index (χ3v) is 4.51. The molecule has 1 aromatic heterocycles. The van der Waals surface area contributed by atoms with Gasteiger partial charge in [0.2, 0.25) is 0 Å². The van der Waals surface area contributed by atoms with Gasteiger partial charge >= 0.3 is 0 Å². The summed E-state index contributed by atoms with van der Waals surface area (Å²) in [5.74, 6) is 0.869. The third-order valence-electron chi connectivity index (χ3n) is 4.51. The normalized spacial score (nSPS) is 22.3. The standard InChI is InChI=1S/C18H26N2O3/c1-11(2)23-18-10-20(9-17(18)21)8-16-12(3)14-7-13(22-4)5-6-15(14)19-16/h5-7,11,17-19,21H,8-10H2,1-4H3/t17-,18-/m0/s1. The van der Waals surface area contributed by atoms with E-state index in [0.717, 1.165) is 24.4 Å². The van der Waals surface area contributed by atoms with Crippen molar-refractivity contribution in [1.29, 1.82) is 0 Å². The van der Waals surface area contributed by atoms with Crippen LogP contribution in [0.25, 0.3) is 10.9 Å². The van der Waals surface area contributed by atoms with Crippen LogP contribution in [0.1, 0.15) is 25.1 Å². The van der Waals surface area contributed by atoms with Crippen LogP contribution in [0.4, 0.5) is 0 Å². The molecule has 2 atom stereocenters. The van der Waals surface area contributed by atoms with Crippen molar-refractivity contribution in [2.45, 2.75) is 45.6 Å². The molecule has 1 aromatic carbocycles. The van der Waals surface area contributed by atoms with Crippen molar-refractivity contribution < 1.29 is 14.6 Å². The molecular weight excluding hydrogens is 292 g/mol. The number of aromatic nitrogens is 1. The van der Waals surface area contributed by atoms with Crippen LogP contribution in [0.2, 0.25) is 0 Å². The fraction of sp³-hybridized carbons (Fsp3) is 0.556. The zero-order chi connectivity index (χ0) is 16.6. The Hall–Kier alpha value is -1.56. The molecule has 0 bridgehead atoms. The highest BCUT2D eigenvalue weighted by Gasteiger charge is 2.33. The average Bonchev–Trinajstić information content (AvgIpc) is 3.00. The number of H-pyrrole nitrogens is 1. The van der Waals surface area contributed by atoms with Crippen molar-refractivity contribution in [1.82, 2.24) is 9.88 Å². The van der Waals surface area contributed by atoms with Crippen LogP contribution in [-0.2, 0) is 11.3 Å². The molecule has 2 N–H and O–H groups in total. The summed E-state index contributed by atoms with van der Waals surface area (Å²) in [5, 5.41) is 11.4. The highest BCUT2D eigenvalue weighted by molar-refractivity contribution is 5.85. The first kappa shape index (κ1) is 16.3. The number of hydrogen-bond acceptors (Lipinski definition) is 4. The van der Waals surface area contributed by atoms with E-state index in [4.69, 9.17) is 9.47 Å². The molecule has 0 unspecified atom stereocenters. The van der Waals surface area contributed by atoms with Gasteiger partial charge in [-0.25, -0.2) is 0 Å². The van der Waals surface area contributed by atoms with E-state index in [1.807, 2.05) is 26.0 Å². The zero-order valence-corrected chi connectivity index (χ0v) is 14.3. The Morgan fingerprint density at radius 2 is 2.13 bits per heavy atom. The van der Waals surface area contributed by atoms with Crippen molar-refractivity contribution >= 4 is 10.9 Å². The maximum Gasteiger partial charge on any atom is 0.119 e. The fourth-order valence-electron chi connectivity index (χ4n) is 3.32. The van der Waals surface area contributed by atoms with Crippen LogP contribution in [0, 0.1) is 6.92 Å². The number of nitrogens with zero attached hydrogens (tertiary/aromatic N) is 1. The Morgan fingerprint density at radius 1 is 1.35 bits per heavy atom. The van der Waals surface area contributed by atoms with Crippen molar-refractivity contribution in [2.24, 2.45) is 0 Å². The molecule has 5 heteroatoms. The molecule has 23 heavy (non-hydrogen) atoms. The maximum absolute atomic E-state index is 10.2. The molecule has 1 aliphatic rings. The lowest BCUT2D eigenvalue weighted by atomic mass is 10.1. The Morgan fingerprint density at radius 3 is 2.83 bits per heavy atom. The SMILES string of the molecule is COc1ccc2[nH]c(CN3C[C@H](OC(C)C)[C@@H](O)C3)c(C)c2c1. The Labute approximate surface area is 137 Å². The number of benzene rings is 1. The molecule has 0 spiro atoms. The molecule has 1 saturated heterocycles. The van der Waals surface area contributed by atoms with Crippen LogP contribution >= 0.6 is 0 Å². The zero-order valence-electron chi connectivity index (χ0n) is 14.3. The van der Waals surface area contributed by atoms with E-state index >= 15 is 0 Å². The number of rotatable bonds is 5. The summed E-state index contributed by atoms with van der Waals surface area (Å²) in [5.41, 5.74) is 3.54. The van der Waals surface area contributed by atoms with Gasteiger partial charge in [-0.1, -0.05) is 0 Å². The topological polar surface area (TPSA) is 57.7 Å². The highest BCUT2D eigenvalue weighted by Crippen LogP contribution is 2.27. The molecule has 2 aromatic rings. The van der Waals surface area contributed by atoms with Crippen LogP contribution in [0.15, 0.2) is 18.2 Å². The second kappa shape index (κ2) is 6.51. The predicted octanol–water partition coefficient (Wildman–Crippen LogP) is 2.46. The quantitative estimate of drug-likeness (QED) is 0.889. The van der Waals surface area contributed by atoms with Crippen molar-refractivity contribution in [2.75, 3.05) is 20.2 Å². The predicted molar refractivity (Wildman–Crippen MR) is 90.9 cm³/mol. The number of methoxy groups -OCH3 is 1. The Bertz CT molecular complexity index is 680. The minimum Gasteiger partial charge on any atom is -0.497 e. The highest BCUT2D eigenvalue weighted by atomic mass is 16.5. The number of fused-ring (bicyclic) bond motifs is 1. The molecule has 0 amide bonds. The number of aromatic amines is 1.